The van der Waals surface area contributed by atoms with E-state index in [-0.39, 0.29) is 11.9 Å². The van der Waals surface area contributed by atoms with E-state index in [1.807, 2.05) is 18.4 Å². The van der Waals surface area contributed by atoms with Gasteiger partial charge in [0.2, 0.25) is 0 Å². The van der Waals surface area contributed by atoms with Gasteiger partial charge in [-0.25, -0.2) is 0 Å². The Morgan fingerprint density at radius 1 is 1.53 bits per heavy atom. The first-order valence-corrected chi connectivity index (χ1v) is 8.01. The van der Waals surface area contributed by atoms with E-state index < -0.39 is 0 Å². The minimum atomic E-state index is -0.0309. The molecule has 0 saturated heterocycles. The predicted molar refractivity (Wildman–Crippen MR) is 82.9 cm³/mol. The lowest BCUT2D eigenvalue weighted by Gasteiger charge is -2.16. The maximum atomic E-state index is 12.2. The molecule has 0 aliphatic carbocycles. The summed E-state index contributed by atoms with van der Waals surface area (Å²) in [7, 11) is 0. The van der Waals surface area contributed by atoms with Crippen LogP contribution in [0.4, 0.5) is 5.69 Å². The molecule has 2 rings (SSSR count). The van der Waals surface area contributed by atoms with Crippen molar-refractivity contribution in [3.05, 3.63) is 38.2 Å². The van der Waals surface area contributed by atoms with Gasteiger partial charge in [0.05, 0.1) is 10.9 Å². The second-order valence-corrected chi connectivity index (χ2v) is 6.69. The summed E-state index contributed by atoms with van der Waals surface area (Å²) in [5, 5.41) is 5.14. The molecule has 0 saturated carbocycles. The summed E-state index contributed by atoms with van der Waals surface area (Å²) in [6.45, 7) is 4.06. The molecule has 19 heavy (non-hydrogen) atoms. The first-order valence-electron chi connectivity index (χ1n) is 6.32. The van der Waals surface area contributed by atoms with Gasteiger partial charge in [-0.05, 0) is 30.9 Å². The van der Waals surface area contributed by atoms with Gasteiger partial charge in [0, 0.05) is 15.4 Å². The number of aryl methyl sites for hydroxylation is 1. The standard InChI is InChI=1S/C14H18N2OS2/c1-3-5-11(12-6-4-7-18-12)16-14(17)13-8-10(15)9(2)19-13/h4,6-8,11H,3,5,15H2,1-2H3,(H,16,17). The summed E-state index contributed by atoms with van der Waals surface area (Å²) < 4.78 is 0. The number of hydrogen-bond acceptors (Lipinski definition) is 4. The lowest BCUT2D eigenvalue weighted by molar-refractivity contribution is 0.0939. The molecule has 2 heterocycles. The van der Waals surface area contributed by atoms with Crippen molar-refractivity contribution in [2.24, 2.45) is 0 Å². The molecule has 0 radical (unpaired) electrons. The maximum Gasteiger partial charge on any atom is 0.261 e. The third kappa shape index (κ3) is 3.36. The average Bonchev–Trinajstić information content (AvgIpc) is 3.00. The number of nitrogens with one attached hydrogen (secondary N) is 1. The smallest absolute Gasteiger partial charge is 0.261 e. The van der Waals surface area contributed by atoms with E-state index in [0.717, 1.165) is 17.7 Å². The van der Waals surface area contributed by atoms with E-state index in [1.54, 1.807) is 17.4 Å². The molecular weight excluding hydrogens is 276 g/mol. The van der Waals surface area contributed by atoms with Crippen LogP contribution in [-0.4, -0.2) is 5.91 Å². The van der Waals surface area contributed by atoms with E-state index >= 15 is 0 Å². The van der Waals surface area contributed by atoms with Gasteiger partial charge in [0.1, 0.15) is 0 Å². The molecule has 0 aliphatic rings. The molecule has 2 aromatic heterocycles. The van der Waals surface area contributed by atoms with Crippen LogP contribution in [0.15, 0.2) is 23.6 Å². The zero-order valence-corrected chi connectivity index (χ0v) is 12.7. The third-order valence-corrected chi connectivity index (χ3v) is 5.00. The van der Waals surface area contributed by atoms with Crippen molar-refractivity contribution >= 4 is 34.3 Å². The van der Waals surface area contributed by atoms with Crippen molar-refractivity contribution in [3.63, 3.8) is 0 Å². The minimum Gasteiger partial charge on any atom is -0.398 e. The van der Waals surface area contributed by atoms with Crippen LogP contribution in [0.5, 0.6) is 0 Å². The Balaban J connectivity index is 2.11. The minimum absolute atomic E-state index is 0.0309. The molecule has 1 amide bonds. The molecule has 3 N–H and O–H groups in total. The summed E-state index contributed by atoms with van der Waals surface area (Å²) >= 11 is 3.13. The van der Waals surface area contributed by atoms with Crippen molar-refractivity contribution in [3.8, 4) is 0 Å². The molecule has 3 nitrogen and oxygen atoms in total. The Labute approximate surface area is 121 Å². The molecule has 0 aromatic carbocycles. The van der Waals surface area contributed by atoms with Gasteiger partial charge in [0.15, 0.2) is 0 Å². The van der Waals surface area contributed by atoms with Crippen molar-refractivity contribution in [2.75, 3.05) is 5.73 Å². The van der Waals surface area contributed by atoms with E-state index in [9.17, 15) is 4.79 Å². The second kappa shape index (κ2) is 6.21. The summed E-state index contributed by atoms with van der Waals surface area (Å²) in [6.07, 6.45) is 1.99. The summed E-state index contributed by atoms with van der Waals surface area (Å²) in [5.41, 5.74) is 6.49. The van der Waals surface area contributed by atoms with Crippen LogP contribution in [0.2, 0.25) is 0 Å². The quantitative estimate of drug-likeness (QED) is 0.876. The fourth-order valence-corrected chi connectivity index (χ4v) is 3.56. The first kappa shape index (κ1) is 14.1. The lowest BCUT2D eigenvalue weighted by Crippen LogP contribution is -2.27. The van der Waals surface area contributed by atoms with Crippen LogP contribution in [0.1, 0.15) is 45.2 Å². The van der Waals surface area contributed by atoms with E-state index in [2.05, 4.69) is 18.3 Å². The van der Waals surface area contributed by atoms with Crippen LogP contribution < -0.4 is 11.1 Å². The fraction of sp³-hybridized carbons (Fsp3) is 0.357. The highest BCUT2D eigenvalue weighted by atomic mass is 32.1. The molecule has 2 aromatic rings. The van der Waals surface area contributed by atoms with Crippen molar-refractivity contribution in [1.82, 2.24) is 5.32 Å². The Morgan fingerprint density at radius 3 is 2.84 bits per heavy atom. The van der Waals surface area contributed by atoms with Crippen LogP contribution in [0.25, 0.3) is 0 Å². The number of rotatable bonds is 5. The van der Waals surface area contributed by atoms with Gasteiger partial charge in [-0.1, -0.05) is 19.4 Å². The Hall–Kier alpha value is -1.33. The normalized spacial score (nSPS) is 12.3. The summed E-state index contributed by atoms with van der Waals surface area (Å²) in [4.78, 5) is 15.1. The number of thiophene rings is 2. The van der Waals surface area contributed by atoms with Crippen LogP contribution in [0.3, 0.4) is 0 Å². The van der Waals surface area contributed by atoms with Gasteiger partial charge < -0.3 is 11.1 Å². The zero-order valence-electron chi connectivity index (χ0n) is 11.1. The number of nitrogen functional groups attached to an aromatic ring is 1. The third-order valence-electron chi connectivity index (χ3n) is 2.95. The van der Waals surface area contributed by atoms with E-state index in [4.69, 9.17) is 5.73 Å². The Kier molecular flexibility index (Phi) is 4.61. The number of amides is 1. The van der Waals surface area contributed by atoms with Gasteiger partial charge in [-0.3, -0.25) is 4.79 Å². The SMILES string of the molecule is CCCC(NC(=O)c1cc(N)c(C)s1)c1cccs1. The van der Waals surface area contributed by atoms with Crippen LogP contribution >= 0.6 is 22.7 Å². The maximum absolute atomic E-state index is 12.2. The second-order valence-electron chi connectivity index (χ2n) is 4.45. The van der Waals surface area contributed by atoms with Gasteiger partial charge in [-0.2, -0.15) is 0 Å². The number of hydrogen-bond donors (Lipinski definition) is 2. The van der Waals surface area contributed by atoms with E-state index in [0.29, 0.717) is 10.6 Å². The summed E-state index contributed by atoms with van der Waals surface area (Å²) in [6, 6.07) is 5.94. The van der Waals surface area contributed by atoms with Gasteiger partial charge >= 0.3 is 0 Å². The van der Waals surface area contributed by atoms with Crippen molar-refractivity contribution in [2.45, 2.75) is 32.7 Å². The molecule has 5 heteroatoms. The molecule has 1 atom stereocenters. The average molecular weight is 294 g/mol. The first-order chi connectivity index (χ1) is 9.11. The van der Waals surface area contributed by atoms with Crippen LogP contribution in [-0.2, 0) is 0 Å². The topological polar surface area (TPSA) is 55.1 Å². The van der Waals surface area contributed by atoms with Crippen molar-refractivity contribution < 1.29 is 4.79 Å². The van der Waals surface area contributed by atoms with Gasteiger partial charge in [0.25, 0.3) is 5.91 Å². The highest BCUT2D eigenvalue weighted by molar-refractivity contribution is 7.14. The predicted octanol–water partition coefficient (Wildman–Crippen LogP) is 3.97. The zero-order chi connectivity index (χ0) is 13.8. The lowest BCUT2D eigenvalue weighted by atomic mass is 10.1. The molecule has 0 aliphatic heterocycles. The number of anilines is 1. The molecule has 0 spiro atoms. The number of nitrogens with two attached hydrogens (primary N) is 1. The molecule has 1 unspecified atom stereocenters. The highest BCUT2D eigenvalue weighted by Crippen LogP contribution is 2.26. The van der Waals surface area contributed by atoms with Crippen LogP contribution in [0, 0.1) is 6.92 Å². The molecule has 0 bridgehead atoms. The highest BCUT2D eigenvalue weighted by Gasteiger charge is 2.17. The van der Waals surface area contributed by atoms with Gasteiger partial charge in [-0.15, -0.1) is 22.7 Å². The molecule has 0 fully saturated rings. The largest absolute Gasteiger partial charge is 0.398 e. The molecule has 102 valence electrons. The molecular formula is C14H18N2OS2. The summed E-state index contributed by atoms with van der Waals surface area (Å²) in [5.74, 6) is -0.0309. The number of carbonyl (C=O) groups is 1. The van der Waals surface area contributed by atoms with E-state index in [1.165, 1.54) is 16.2 Å². The monoisotopic (exact) mass is 294 g/mol. The number of carbonyl (C=O) groups excluding carboxylic acids is 1. The van der Waals surface area contributed by atoms with Crippen molar-refractivity contribution in [1.29, 1.82) is 0 Å². The Morgan fingerprint density at radius 2 is 2.32 bits per heavy atom. The Bertz CT molecular complexity index is 526. The fourth-order valence-electron chi connectivity index (χ4n) is 1.90.